The highest BCUT2D eigenvalue weighted by molar-refractivity contribution is 7.92. The quantitative estimate of drug-likeness (QED) is 0.523. The molecule has 1 saturated heterocycles. The number of hydrogen-bond donors (Lipinski definition) is 1. The average Bonchev–Trinajstić information content (AvgIpc) is 2.84. The van der Waals surface area contributed by atoms with E-state index in [4.69, 9.17) is 16.3 Å². The van der Waals surface area contributed by atoms with Crippen molar-refractivity contribution in [1.82, 2.24) is 0 Å². The first kappa shape index (κ1) is 24.1. The van der Waals surface area contributed by atoms with Crippen LogP contribution in [-0.4, -0.2) is 47.2 Å². The van der Waals surface area contributed by atoms with Crippen LogP contribution in [0.25, 0.3) is 0 Å². The van der Waals surface area contributed by atoms with Gasteiger partial charge in [0.1, 0.15) is 6.54 Å². The number of rotatable bonds is 7. The predicted octanol–water partition coefficient (Wildman–Crippen LogP) is 4.32. The van der Waals surface area contributed by atoms with Gasteiger partial charge in [-0.2, -0.15) is 0 Å². The first-order valence-electron chi connectivity index (χ1n) is 10.9. The molecule has 0 bridgehead atoms. The number of morpholine rings is 1. The number of nitrogens with one attached hydrogen (secondary N) is 1. The second kappa shape index (κ2) is 10.5. The lowest BCUT2D eigenvalue weighted by Gasteiger charge is -2.29. The summed E-state index contributed by atoms with van der Waals surface area (Å²) in [4.78, 5) is 15.2. The van der Waals surface area contributed by atoms with Crippen molar-refractivity contribution >= 4 is 44.6 Å². The number of benzene rings is 3. The Bertz CT molecular complexity index is 1240. The summed E-state index contributed by atoms with van der Waals surface area (Å²) in [5.74, 6) is -0.477. The van der Waals surface area contributed by atoms with Crippen molar-refractivity contribution in [2.75, 3.05) is 47.4 Å². The van der Waals surface area contributed by atoms with Crippen molar-refractivity contribution in [1.29, 1.82) is 0 Å². The Morgan fingerprint density at radius 3 is 2.29 bits per heavy atom. The number of aryl methyl sites for hydroxylation is 1. The summed E-state index contributed by atoms with van der Waals surface area (Å²) in [6, 6.07) is 20.5. The number of ether oxygens (including phenoxy) is 1. The van der Waals surface area contributed by atoms with Gasteiger partial charge in [-0.1, -0.05) is 41.4 Å². The highest BCUT2D eigenvalue weighted by Gasteiger charge is 2.28. The minimum absolute atomic E-state index is 0.0840. The van der Waals surface area contributed by atoms with Crippen molar-refractivity contribution in [3.8, 4) is 0 Å². The second-order valence-electron chi connectivity index (χ2n) is 7.97. The van der Waals surface area contributed by atoms with Crippen LogP contribution in [0.1, 0.15) is 5.56 Å². The molecule has 1 aliphatic heterocycles. The lowest BCUT2D eigenvalue weighted by atomic mass is 10.2. The third-order valence-electron chi connectivity index (χ3n) is 5.54. The zero-order valence-electron chi connectivity index (χ0n) is 18.8. The molecular formula is C25H26ClN3O4S. The van der Waals surface area contributed by atoms with E-state index in [0.29, 0.717) is 18.9 Å². The Balaban J connectivity index is 1.55. The van der Waals surface area contributed by atoms with Gasteiger partial charge in [-0.15, -0.1) is 0 Å². The van der Waals surface area contributed by atoms with Crippen molar-refractivity contribution in [2.45, 2.75) is 11.8 Å². The van der Waals surface area contributed by atoms with Crippen LogP contribution in [0.2, 0.25) is 5.02 Å². The van der Waals surface area contributed by atoms with Crippen LogP contribution in [-0.2, 0) is 19.6 Å². The number of nitrogens with zero attached hydrogens (tertiary/aromatic N) is 2. The molecule has 9 heteroatoms. The molecule has 178 valence electrons. The molecule has 0 unspecified atom stereocenters. The molecule has 0 saturated carbocycles. The predicted molar refractivity (Wildman–Crippen MR) is 135 cm³/mol. The molecule has 3 aromatic carbocycles. The standard InChI is InChI=1S/C25H26ClN3O4S/c1-19-6-12-22(13-7-19)34(31,32)29(24-5-3-2-4-23(24)26)18-25(30)27-20-8-10-21(11-9-20)28-14-16-33-17-15-28/h2-13H,14-18H2,1H3,(H,27,30). The first-order valence-corrected chi connectivity index (χ1v) is 12.7. The minimum Gasteiger partial charge on any atom is -0.378 e. The highest BCUT2D eigenvalue weighted by Crippen LogP contribution is 2.30. The summed E-state index contributed by atoms with van der Waals surface area (Å²) < 4.78 is 33.4. The maximum Gasteiger partial charge on any atom is 0.264 e. The fourth-order valence-electron chi connectivity index (χ4n) is 3.70. The van der Waals surface area contributed by atoms with E-state index in [9.17, 15) is 13.2 Å². The Morgan fingerprint density at radius 1 is 1.00 bits per heavy atom. The molecule has 1 N–H and O–H groups in total. The maximum absolute atomic E-state index is 13.5. The summed E-state index contributed by atoms with van der Waals surface area (Å²) in [5.41, 5.74) is 2.79. The lowest BCUT2D eigenvalue weighted by Crippen LogP contribution is -2.38. The summed E-state index contributed by atoms with van der Waals surface area (Å²) in [6.07, 6.45) is 0. The van der Waals surface area contributed by atoms with Gasteiger partial charge < -0.3 is 15.0 Å². The van der Waals surface area contributed by atoms with Crippen LogP contribution in [0.15, 0.2) is 77.7 Å². The SMILES string of the molecule is Cc1ccc(S(=O)(=O)N(CC(=O)Nc2ccc(N3CCOCC3)cc2)c2ccccc2Cl)cc1. The molecule has 0 radical (unpaired) electrons. The summed E-state index contributed by atoms with van der Waals surface area (Å²) in [6.45, 7) is 4.45. The van der Waals surface area contributed by atoms with Crippen molar-refractivity contribution in [3.63, 3.8) is 0 Å². The Morgan fingerprint density at radius 2 is 1.65 bits per heavy atom. The molecule has 4 rings (SSSR count). The van der Waals surface area contributed by atoms with Crippen LogP contribution in [0.4, 0.5) is 17.1 Å². The van der Waals surface area contributed by atoms with Crippen molar-refractivity contribution in [3.05, 3.63) is 83.4 Å². The van der Waals surface area contributed by atoms with Gasteiger partial charge in [-0.05, 0) is 55.5 Å². The monoisotopic (exact) mass is 499 g/mol. The number of sulfonamides is 1. The fourth-order valence-corrected chi connectivity index (χ4v) is 5.43. The number of halogens is 1. The van der Waals surface area contributed by atoms with Crippen LogP contribution < -0.4 is 14.5 Å². The number of para-hydroxylation sites is 1. The van der Waals surface area contributed by atoms with E-state index in [1.807, 2.05) is 19.1 Å². The summed E-state index contributed by atoms with van der Waals surface area (Å²) >= 11 is 6.32. The van der Waals surface area contributed by atoms with Crippen LogP contribution >= 0.6 is 11.6 Å². The van der Waals surface area contributed by atoms with E-state index in [1.54, 1.807) is 48.5 Å². The number of hydrogen-bond acceptors (Lipinski definition) is 5. The molecule has 1 aliphatic rings. The Kier molecular flexibility index (Phi) is 7.41. The molecule has 0 aliphatic carbocycles. The van der Waals surface area contributed by atoms with Gasteiger partial charge in [0.05, 0.1) is 28.8 Å². The zero-order valence-corrected chi connectivity index (χ0v) is 20.3. The van der Waals surface area contributed by atoms with E-state index in [-0.39, 0.29) is 15.6 Å². The maximum atomic E-state index is 13.5. The third kappa shape index (κ3) is 5.52. The van der Waals surface area contributed by atoms with Crippen LogP contribution in [0.5, 0.6) is 0 Å². The fraction of sp³-hybridized carbons (Fsp3) is 0.240. The van der Waals surface area contributed by atoms with Gasteiger partial charge in [0, 0.05) is 24.5 Å². The lowest BCUT2D eigenvalue weighted by molar-refractivity contribution is -0.114. The number of carbonyl (C=O) groups excluding carboxylic acids is 1. The van der Waals surface area contributed by atoms with Crippen LogP contribution in [0, 0.1) is 6.92 Å². The van der Waals surface area contributed by atoms with Gasteiger partial charge in [0.25, 0.3) is 10.0 Å². The van der Waals surface area contributed by atoms with Gasteiger partial charge in [0.15, 0.2) is 0 Å². The average molecular weight is 500 g/mol. The summed E-state index contributed by atoms with van der Waals surface area (Å²) in [5, 5.41) is 3.03. The Labute approximate surface area is 205 Å². The minimum atomic E-state index is -4.03. The van der Waals surface area contributed by atoms with Crippen molar-refractivity contribution < 1.29 is 17.9 Å². The molecule has 1 heterocycles. The molecule has 0 spiro atoms. The molecular weight excluding hydrogens is 474 g/mol. The largest absolute Gasteiger partial charge is 0.378 e. The van der Waals surface area contributed by atoms with E-state index in [1.165, 1.54) is 12.1 Å². The normalized spacial score (nSPS) is 14.0. The van der Waals surface area contributed by atoms with E-state index >= 15 is 0 Å². The zero-order chi connectivity index (χ0) is 24.1. The van der Waals surface area contributed by atoms with E-state index < -0.39 is 22.5 Å². The van der Waals surface area contributed by atoms with E-state index in [2.05, 4.69) is 10.2 Å². The number of carbonyl (C=O) groups is 1. The molecule has 3 aromatic rings. The first-order chi connectivity index (χ1) is 16.3. The molecule has 0 atom stereocenters. The topological polar surface area (TPSA) is 79.0 Å². The van der Waals surface area contributed by atoms with Crippen molar-refractivity contribution in [2.24, 2.45) is 0 Å². The third-order valence-corrected chi connectivity index (χ3v) is 7.64. The molecule has 1 amide bonds. The van der Waals surface area contributed by atoms with Crippen LogP contribution in [0.3, 0.4) is 0 Å². The number of anilines is 3. The van der Waals surface area contributed by atoms with E-state index in [0.717, 1.165) is 28.6 Å². The smallest absolute Gasteiger partial charge is 0.264 e. The van der Waals surface area contributed by atoms with Gasteiger partial charge in [-0.3, -0.25) is 9.10 Å². The molecule has 7 nitrogen and oxygen atoms in total. The molecule has 1 fully saturated rings. The Hall–Kier alpha value is -3.07. The highest BCUT2D eigenvalue weighted by atomic mass is 35.5. The van der Waals surface area contributed by atoms with Gasteiger partial charge in [-0.25, -0.2) is 8.42 Å². The van der Waals surface area contributed by atoms with Gasteiger partial charge in [0.2, 0.25) is 5.91 Å². The van der Waals surface area contributed by atoms with Gasteiger partial charge >= 0.3 is 0 Å². The molecule has 0 aromatic heterocycles. The summed E-state index contributed by atoms with van der Waals surface area (Å²) in [7, 11) is -4.03. The second-order valence-corrected chi connectivity index (χ2v) is 10.2. The number of amides is 1. The molecule has 34 heavy (non-hydrogen) atoms.